The van der Waals surface area contributed by atoms with E-state index in [4.69, 9.17) is 9.47 Å². The zero-order chi connectivity index (χ0) is 32.6. The van der Waals surface area contributed by atoms with Crippen molar-refractivity contribution < 1.29 is 19.7 Å². The van der Waals surface area contributed by atoms with E-state index >= 15 is 0 Å². The van der Waals surface area contributed by atoms with Crippen LogP contribution in [0.2, 0.25) is 0 Å². The van der Waals surface area contributed by atoms with Crippen molar-refractivity contribution in [2.75, 3.05) is 0 Å². The van der Waals surface area contributed by atoms with Gasteiger partial charge in [0.05, 0.1) is 23.4 Å². The van der Waals surface area contributed by atoms with Gasteiger partial charge in [0.2, 0.25) is 0 Å². The predicted molar refractivity (Wildman–Crippen MR) is 183 cm³/mol. The molecule has 4 nitrogen and oxygen atoms in total. The van der Waals surface area contributed by atoms with E-state index in [0.717, 1.165) is 35.1 Å². The van der Waals surface area contributed by atoms with Gasteiger partial charge in [0.25, 0.3) is 0 Å². The Morgan fingerprint density at radius 1 is 0.500 bits per heavy atom. The van der Waals surface area contributed by atoms with Gasteiger partial charge in [-0.2, -0.15) is 0 Å². The minimum Gasteiger partial charge on any atom is -0.387 e. The van der Waals surface area contributed by atoms with Crippen molar-refractivity contribution in [2.24, 2.45) is 10.8 Å². The smallest absolute Gasteiger partial charge is 0.120 e. The van der Waals surface area contributed by atoms with Crippen LogP contribution in [-0.4, -0.2) is 44.8 Å². The molecule has 4 heteroatoms. The van der Waals surface area contributed by atoms with Crippen LogP contribution in [-0.2, 0) is 9.47 Å². The lowest BCUT2D eigenvalue weighted by molar-refractivity contribution is -0.115. The lowest BCUT2D eigenvalue weighted by Gasteiger charge is -2.46. The first-order valence-electron chi connectivity index (χ1n) is 16.3. The van der Waals surface area contributed by atoms with Crippen LogP contribution in [0.5, 0.6) is 0 Å². The Bertz CT molecular complexity index is 1230. The zero-order valence-electron chi connectivity index (χ0n) is 28.8. The van der Waals surface area contributed by atoms with Crippen LogP contribution in [0.4, 0.5) is 0 Å². The second-order valence-corrected chi connectivity index (χ2v) is 15.5. The minimum atomic E-state index is -0.848. The first kappa shape index (κ1) is 34.4. The van der Waals surface area contributed by atoms with Crippen LogP contribution < -0.4 is 0 Å². The van der Waals surface area contributed by atoms with E-state index in [0.29, 0.717) is 12.8 Å². The summed E-state index contributed by atoms with van der Waals surface area (Å²) in [4.78, 5) is 0. The number of ether oxygens (including phenoxy) is 2. The number of rotatable bonds is 10. The van der Waals surface area contributed by atoms with Crippen LogP contribution in [0.3, 0.4) is 0 Å². The molecule has 0 amide bonds. The van der Waals surface area contributed by atoms with Gasteiger partial charge in [0, 0.05) is 23.7 Å². The Hall–Kier alpha value is -2.50. The summed E-state index contributed by atoms with van der Waals surface area (Å²) in [5.41, 5.74) is 1.37. The van der Waals surface area contributed by atoms with Gasteiger partial charge in [0.1, 0.15) is 11.2 Å². The highest BCUT2D eigenvalue weighted by atomic mass is 16.6. The second-order valence-electron chi connectivity index (χ2n) is 15.5. The molecule has 4 fully saturated rings. The van der Waals surface area contributed by atoms with E-state index in [-0.39, 0.29) is 23.0 Å². The van der Waals surface area contributed by atoms with Gasteiger partial charge in [-0.25, -0.2) is 0 Å². The van der Waals surface area contributed by atoms with Crippen LogP contribution in [0.1, 0.15) is 94.9 Å². The van der Waals surface area contributed by atoms with Crippen molar-refractivity contribution in [3.05, 3.63) is 107 Å². The Morgan fingerprint density at radius 2 is 0.818 bits per heavy atom. The summed E-state index contributed by atoms with van der Waals surface area (Å²) in [7, 11) is 0. The van der Waals surface area contributed by atoms with Crippen molar-refractivity contribution in [2.45, 2.75) is 130 Å². The summed E-state index contributed by atoms with van der Waals surface area (Å²) in [5.74, 6) is 0. The van der Waals surface area contributed by atoms with Gasteiger partial charge in [0.15, 0.2) is 0 Å². The first-order valence-corrected chi connectivity index (χ1v) is 16.3. The van der Waals surface area contributed by atoms with Gasteiger partial charge < -0.3 is 19.7 Å². The molecule has 240 valence electrons. The minimum absolute atomic E-state index is 0.0983. The van der Waals surface area contributed by atoms with E-state index < -0.39 is 22.4 Å². The summed E-state index contributed by atoms with van der Waals surface area (Å²) < 4.78 is 12.6. The molecule has 4 bridgehead atoms. The lowest BCUT2D eigenvalue weighted by atomic mass is 9.61. The van der Waals surface area contributed by atoms with Crippen molar-refractivity contribution >= 4 is 0 Å². The number of hydrogen-bond acceptors (Lipinski definition) is 4. The number of aliphatic hydroxyl groups is 2. The van der Waals surface area contributed by atoms with E-state index in [1.165, 1.54) is 0 Å². The molecule has 0 spiro atoms. The third kappa shape index (κ3) is 6.56. The van der Waals surface area contributed by atoms with E-state index in [2.05, 4.69) is 140 Å². The van der Waals surface area contributed by atoms with Gasteiger partial charge >= 0.3 is 0 Å². The molecular weight excluding hydrogens is 544 g/mol. The summed E-state index contributed by atoms with van der Waals surface area (Å²) in [6.07, 6.45) is 32.7. The van der Waals surface area contributed by atoms with Crippen LogP contribution in [0.15, 0.2) is 107 Å². The van der Waals surface area contributed by atoms with Crippen molar-refractivity contribution in [1.29, 1.82) is 0 Å². The molecule has 6 atom stereocenters. The summed E-state index contributed by atoms with van der Waals surface area (Å²) in [6.45, 7) is 20.9. The molecule has 0 aromatic heterocycles. The summed E-state index contributed by atoms with van der Waals surface area (Å²) in [6, 6.07) is 0. The fraction of sp³-hybridized carbons (Fsp3) is 0.550. The molecule has 4 saturated heterocycles. The number of hydrogen-bond donors (Lipinski definition) is 2. The van der Waals surface area contributed by atoms with Crippen LogP contribution >= 0.6 is 0 Å². The Morgan fingerprint density at radius 3 is 1.14 bits per heavy atom. The highest BCUT2D eigenvalue weighted by molar-refractivity contribution is 5.35. The molecule has 4 rings (SSSR count). The zero-order valence-corrected chi connectivity index (χ0v) is 28.8. The lowest BCUT2D eigenvalue weighted by Crippen LogP contribution is -2.56. The molecule has 2 N–H and O–H groups in total. The number of allylic oxidation sites excluding steroid dienone is 16. The first-order chi connectivity index (χ1) is 20.4. The van der Waals surface area contributed by atoms with Gasteiger partial charge in [-0.05, 0) is 66.5 Å². The molecule has 44 heavy (non-hydrogen) atoms. The number of fused-ring (bicyclic) bond motifs is 4. The van der Waals surface area contributed by atoms with E-state index in [1.54, 1.807) is 0 Å². The maximum absolute atomic E-state index is 11.1. The standard InChI is InChI=1S/C40H56O4/c1-29(17-13-19-31(3)21-23-39-35(5,6)25-33(43-39)27-37(39,9)41)15-11-12-16-30(2)18-14-20-32(4)22-24-40-36(7,8)26-34(44-40)28-38(40,10)42/h11-24,33-34,41-42H,25-28H2,1-10H3/b12-11+,17-13+,18-14+,23-21+,24-22+,29-15+,30-16+,31-19+,32-20+/t33-,34-,37+,38+,39?,40?/m0/s1. The van der Waals surface area contributed by atoms with Crippen molar-refractivity contribution in [3.8, 4) is 0 Å². The van der Waals surface area contributed by atoms with Gasteiger partial charge in [-0.1, -0.05) is 123 Å². The quantitative estimate of drug-likeness (QED) is 0.246. The predicted octanol–water partition coefficient (Wildman–Crippen LogP) is 8.97. The fourth-order valence-electron chi connectivity index (χ4n) is 8.23. The molecule has 4 heterocycles. The highest BCUT2D eigenvalue weighted by Gasteiger charge is 2.68. The van der Waals surface area contributed by atoms with Crippen molar-refractivity contribution in [3.63, 3.8) is 0 Å². The Balaban J connectivity index is 1.28. The molecule has 0 saturated carbocycles. The molecule has 0 aromatic carbocycles. The molecular formula is C40H56O4. The van der Waals surface area contributed by atoms with Crippen LogP contribution in [0, 0.1) is 10.8 Å². The molecule has 2 unspecified atom stereocenters. The SMILES string of the molecule is CC(/C=C/C=C(C)/C=C/C12O[C@@H](CC1(C)C)C[C@@]2(C)O)=C\C=C\C=C(C)\C=C\C=C(C)\C=C\C12O[C@@H](CC1(C)C)C[C@@]2(C)O. The Kier molecular flexibility index (Phi) is 9.66. The van der Waals surface area contributed by atoms with Crippen LogP contribution in [0.25, 0.3) is 0 Å². The largest absolute Gasteiger partial charge is 0.387 e. The molecule has 4 aliphatic heterocycles. The normalized spacial score (nSPS) is 39.2. The average Bonchev–Trinajstić information content (AvgIpc) is 3.50. The maximum Gasteiger partial charge on any atom is 0.120 e. The maximum atomic E-state index is 11.1. The second kappa shape index (κ2) is 12.4. The third-order valence-corrected chi connectivity index (χ3v) is 10.5. The highest BCUT2D eigenvalue weighted by Crippen LogP contribution is 2.61. The van der Waals surface area contributed by atoms with Crippen molar-refractivity contribution in [1.82, 2.24) is 0 Å². The van der Waals surface area contributed by atoms with Gasteiger partial charge in [-0.15, -0.1) is 0 Å². The van der Waals surface area contributed by atoms with E-state index in [1.807, 2.05) is 13.8 Å². The monoisotopic (exact) mass is 600 g/mol. The molecule has 0 radical (unpaired) electrons. The summed E-state index contributed by atoms with van der Waals surface area (Å²) >= 11 is 0. The topological polar surface area (TPSA) is 58.9 Å². The summed E-state index contributed by atoms with van der Waals surface area (Å²) in [5, 5.41) is 22.2. The van der Waals surface area contributed by atoms with Gasteiger partial charge in [-0.3, -0.25) is 0 Å². The molecule has 4 aliphatic rings. The third-order valence-electron chi connectivity index (χ3n) is 10.5. The van der Waals surface area contributed by atoms with E-state index in [9.17, 15) is 10.2 Å². The fourth-order valence-corrected chi connectivity index (χ4v) is 8.23. The molecule has 0 aromatic rings. The molecule has 0 aliphatic carbocycles. The average molecular weight is 601 g/mol. The Labute approximate surface area is 267 Å².